The first kappa shape index (κ1) is 31.3. The number of unbranched alkanes of at least 4 members (excludes halogenated alkanes) is 2. The fourth-order valence-electron chi connectivity index (χ4n) is 3.64. The highest BCUT2D eigenvalue weighted by Gasteiger charge is 2.16. The molecule has 1 aliphatic heterocycles. The molecular weight excluding hydrogens is 478 g/mol. The van der Waals surface area contributed by atoms with E-state index in [4.69, 9.17) is 0 Å². The highest BCUT2D eigenvalue weighted by Crippen LogP contribution is 2.13. The predicted molar refractivity (Wildman–Crippen MR) is 144 cm³/mol. The minimum absolute atomic E-state index is 0.0318. The lowest BCUT2D eigenvalue weighted by Gasteiger charge is -2.25. The molecule has 0 fully saturated rings. The zero-order valence-electron chi connectivity index (χ0n) is 21.9. The maximum absolute atomic E-state index is 12.4. The molecule has 0 unspecified atom stereocenters. The van der Waals surface area contributed by atoms with Gasteiger partial charge in [-0.2, -0.15) is 5.10 Å². The maximum atomic E-state index is 12.4. The van der Waals surface area contributed by atoms with Gasteiger partial charge in [-0.05, 0) is 43.8 Å². The van der Waals surface area contributed by atoms with Gasteiger partial charge in [-0.25, -0.2) is 13.8 Å². The van der Waals surface area contributed by atoms with Crippen LogP contribution in [0.3, 0.4) is 0 Å². The number of halogens is 2. The predicted octanol–water partition coefficient (Wildman–Crippen LogP) is 4.35. The summed E-state index contributed by atoms with van der Waals surface area (Å²) in [5, 5.41) is 6.89. The summed E-state index contributed by atoms with van der Waals surface area (Å²) in [5.74, 6) is 0.894. The number of carbonyl (C=O) groups is 2. The molecule has 0 saturated heterocycles. The van der Waals surface area contributed by atoms with Gasteiger partial charge in [0.05, 0.1) is 11.9 Å². The van der Waals surface area contributed by atoms with Gasteiger partial charge in [0.1, 0.15) is 12.4 Å². The highest BCUT2D eigenvalue weighted by molar-refractivity contribution is 5.94. The van der Waals surface area contributed by atoms with Crippen LogP contribution in [0.25, 0.3) is 0 Å². The molecule has 0 radical (unpaired) electrons. The third-order valence-corrected chi connectivity index (χ3v) is 5.26. The Morgan fingerprint density at radius 2 is 2.03 bits per heavy atom. The van der Waals surface area contributed by atoms with Crippen molar-refractivity contribution >= 4 is 23.3 Å². The van der Waals surface area contributed by atoms with Gasteiger partial charge in [0.15, 0.2) is 0 Å². The van der Waals surface area contributed by atoms with Crippen molar-refractivity contribution in [1.82, 2.24) is 19.6 Å². The number of aromatic nitrogens is 2. The van der Waals surface area contributed by atoms with Crippen LogP contribution in [0.2, 0.25) is 0 Å². The average Bonchev–Trinajstić information content (AvgIpc) is 3.29. The molecule has 0 aromatic carbocycles. The van der Waals surface area contributed by atoms with Crippen molar-refractivity contribution < 1.29 is 18.4 Å². The molecule has 1 N–H and O–H groups in total. The fraction of sp³-hybridized carbons (Fsp3) is 0.481. The van der Waals surface area contributed by atoms with Gasteiger partial charge in [-0.3, -0.25) is 14.3 Å². The summed E-state index contributed by atoms with van der Waals surface area (Å²) in [6.07, 6.45) is 17.4. The molecule has 1 aromatic rings. The van der Waals surface area contributed by atoms with E-state index in [0.717, 1.165) is 24.8 Å². The van der Waals surface area contributed by atoms with Gasteiger partial charge in [-0.15, -0.1) is 12.8 Å². The van der Waals surface area contributed by atoms with Gasteiger partial charge in [0.25, 0.3) is 6.43 Å². The summed E-state index contributed by atoms with van der Waals surface area (Å²) in [6, 6.07) is 0. The van der Waals surface area contributed by atoms with E-state index in [0.29, 0.717) is 43.6 Å². The van der Waals surface area contributed by atoms with E-state index in [9.17, 15) is 18.4 Å². The Balaban J connectivity index is 0.00000334. The molecule has 8 nitrogen and oxygen atoms in total. The Hall–Kier alpha value is -3.74. The first-order valence-electron chi connectivity index (χ1n) is 12.2. The molecule has 202 valence electrons. The number of anilines is 1. The van der Waals surface area contributed by atoms with Crippen LogP contribution < -0.4 is 5.32 Å². The van der Waals surface area contributed by atoms with Crippen LogP contribution in [0.15, 0.2) is 54.0 Å². The number of carbonyl (C=O) groups excluding carboxylic acids is 2. The minimum Gasteiger partial charge on any atom is -0.341 e. The van der Waals surface area contributed by atoms with E-state index >= 15 is 0 Å². The molecule has 0 atom stereocenters. The van der Waals surface area contributed by atoms with Crippen LogP contribution in [-0.2, 0) is 16.1 Å². The van der Waals surface area contributed by atoms with Crippen molar-refractivity contribution in [2.75, 3.05) is 31.5 Å². The molecule has 1 aliphatic rings. The molecule has 1 aromatic heterocycles. The Labute approximate surface area is 218 Å². The number of aliphatic imine (C=N–C) groups is 1. The zero-order valence-corrected chi connectivity index (χ0v) is 21.9. The van der Waals surface area contributed by atoms with Crippen LogP contribution in [-0.4, -0.2) is 69.8 Å². The lowest BCUT2D eigenvalue weighted by atomic mass is 10.1. The third-order valence-electron chi connectivity index (χ3n) is 5.26. The number of amides is 2. The second kappa shape index (κ2) is 16.8. The maximum Gasteiger partial charge on any atom is 0.257 e. The van der Waals surface area contributed by atoms with Gasteiger partial charge < -0.3 is 15.1 Å². The first-order valence-corrected chi connectivity index (χ1v) is 12.2. The van der Waals surface area contributed by atoms with Crippen molar-refractivity contribution in [3.8, 4) is 12.8 Å². The Kier molecular flexibility index (Phi) is 14.2. The number of alkyl halides is 2. The van der Waals surface area contributed by atoms with Crippen LogP contribution in [0.4, 0.5) is 14.5 Å². The quantitative estimate of drug-likeness (QED) is 0.139. The minimum atomic E-state index is -2.47. The molecule has 0 spiro atoms. The molecule has 2 amide bonds. The second-order valence-electron chi connectivity index (χ2n) is 8.92. The molecule has 2 heterocycles. The number of terminal acetylenes is 1. The second-order valence-corrected chi connectivity index (χ2v) is 8.92. The van der Waals surface area contributed by atoms with Crippen LogP contribution in [0.1, 0.15) is 40.0 Å². The number of rotatable bonds is 13. The number of nitrogens with zero attached hydrogens (tertiary/aromatic N) is 5. The smallest absolute Gasteiger partial charge is 0.257 e. The largest absolute Gasteiger partial charge is 0.341 e. The van der Waals surface area contributed by atoms with Gasteiger partial charge in [0, 0.05) is 44.7 Å². The van der Waals surface area contributed by atoms with E-state index in [2.05, 4.69) is 48.7 Å². The lowest BCUT2D eigenvalue weighted by Crippen LogP contribution is -2.35. The normalized spacial score (nSPS) is 14.6. The molecule has 0 saturated carbocycles. The van der Waals surface area contributed by atoms with Crippen molar-refractivity contribution in [3.63, 3.8) is 0 Å². The number of hydrogen-bond donors (Lipinski definition) is 1. The van der Waals surface area contributed by atoms with Crippen LogP contribution in [0, 0.1) is 18.8 Å². The lowest BCUT2D eigenvalue weighted by molar-refractivity contribution is -0.126. The van der Waals surface area contributed by atoms with E-state index < -0.39 is 13.0 Å². The van der Waals surface area contributed by atoms with Crippen molar-refractivity contribution in [2.45, 2.75) is 53.0 Å². The Morgan fingerprint density at radius 3 is 2.68 bits per heavy atom. The topological polar surface area (TPSA) is 82.8 Å². The summed E-state index contributed by atoms with van der Waals surface area (Å²) in [4.78, 5) is 32.2. The molecule has 10 heteroatoms. The molecular formula is C27H38F2N6O2. The SMILES string of the molecule is C#C.C=CC(=O)N(CCCCCN1C/C(=C\N=C(C)Nc2cnn(CC(F)F)c2)C=CC1=O)CC(C)C. The third kappa shape index (κ3) is 12.2. The monoisotopic (exact) mass is 516 g/mol. The van der Waals surface area contributed by atoms with Crippen molar-refractivity contribution in [1.29, 1.82) is 0 Å². The van der Waals surface area contributed by atoms with E-state index in [1.54, 1.807) is 24.1 Å². The van der Waals surface area contributed by atoms with E-state index in [1.165, 1.54) is 29.2 Å². The van der Waals surface area contributed by atoms with Crippen molar-refractivity contribution in [2.24, 2.45) is 10.9 Å². The standard InChI is InChI=1S/C25H36F2N6O2.C2H2/c1-5-24(34)31(15-19(2)3)11-7-6-8-12-32-16-21(9-10-25(32)35)13-28-20(4)30-22-14-29-33(17-22)18-23(26)27;1-2/h5,9-10,13-14,17,19,23H,1,6-8,11-12,15-16,18H2,2-4H3,(H,28,30);1-2H/b21-13-;. The average molecular weight is 517 g/mol. The number of nitrogens with one attached hydrogen (secondary N) is 1. The fourth-order valence-corrected chi connectivity index (χ4v) is 3.64. The summed E-state index contributed by atoms with van der Waals surface area (Å²) in [6.45, 7) is 11.5. The summed E-state index contributed by atoms with van der Waals surface area (Å²) < 4.78 is 26.1. The van der Waals surface area contributed by atoms with Gasteiger partial charge >= 0.3 is 0 Å². The van der Waals surface area contributed by atoms with Crippen LogP contribution >= 0.6 is 0 Å². The summed E-state index contributed by atoms with van der Waals surface area (Å²) >= 11 is 0. The number of amidine groups is 1. The van der Waals surface area contributed by atoms with Gasteiger partial charge in [-0.1, -0.05) is 26.5 Å². The summed E-state index contributed by atoms with van der Waals surface area (Å²) in [7, 11) is 0. The molecule has 37 heavy (non-hydrogen) atoms. The zero-order chi connectivity index (χ0) is 27.8. The molecule has 2 rings (SSSR count). The van der Waals surface area contributed by atoms with Crippen molar-refractivity contribution in [3.05, 3.63) is 49.0 Å². The van der Waals surface area contributed by atoms with E-state index in [-0.39, 0.29) is 11.8 Å². The Morgan fingerprint density at radius 1 is 1.30 bits per heavy atom. The summed E-state index contributed by atoms with van der Waals surface area (Å²) in [5.41, 5.74) is 1.46. The molecule has 0 aliphatic carbocycles. The van der Waals surface area contributed by atoms with E-state index in [1.807, 2.05) is 4.90 Å². The number of hydrogen-bond acceptors (Lipinski definition) is 4. The highest BCUT2D eigenvalue weighted by atomic mass is 19.3. The van der Waals surface area contributed by atoms with Gasteiger partial charge in [0.2, 0.25) is 11.8 Å². The molecule has 0 bridgehead atoms. The Bertz CT molecular complexity index is 994. The van der Waals surface area contributed by atoms with Crippen LogP contribution in [0.5, 0.6) is 0 Å². The first-order chi connectivity index (χ1) is 17.7.